The molecule has 7 nitrogen and oxygen atoms in total. The van der Waals surface area contributed by atoms with Crippen molar-refractivity contribution < 1.29 is 27.1 Å². The molecule has 1 amide bonds. The van der Waals surface area contributed by atoms with Crippen LogP contribution in [0.25, 0.3) is 0 Å². The zero-order chi connectivity index (χ0) is 21.3. The van der Waals surface area contributed by atoms with E-state index in [1.807, 2.05) is 0 Å². The molecular formula is C17H24Cl3FN2O5S. The van der Waals surface area contributed by atoms with Gasteiger partial charge in [0.25, 0.3) is 5.91 Å². The van der Waals surface area contributed by atoms with Gasteiger partial charge in [0, 0.05) is 12.7 Å². The second-order valence-electron chi connectivity index (χ2n) is 6.07. The lowest BCUT2D eigenvalue weighted by Gasteiger charge is -2.26. The summed E-state index contributed by atoms with van der Waals surface area (Å²) in [6.07, 6.45) is 1.03. The fraction of sp³-hybridized carbons (Fsp3) is 0.529. The number of halogens is 4. The Morgan fingerprint density at radius 3 is 2.24 bits per heavy atom. The molecule has 0 bridgehead atoms. The SMILES string of the molecule is CS(=O)(=O)c1ccc(C(OC(=O)CCCCN)C(CF)NC(=O)C(Cl)Cl)cc1.Cl. The molecule has 0 saturated heterocycles. The summed E-state index contributed by atoms with van der Waals surface area (Å²) in [5.41, 5.74) is 5.69. The van der Waals surface area contributed by atoms with E-state index in [4.69, 9.17) is 33.7 Å². The van der Waals surface area contributed by atoms with Crippen LogP contribution in [0.3, 0.4) is 0 Å². The number of amides is 1. The minimum Gasteiger partial charge on any atom is -0.455 e. The number of hydrogen-bond acceptors (Lipinski definition) is 6. The van der Waals surface area contributed by atoms with E-state index in [-0.39, 0.29) is 23.7 Å². The standard InChI is InChI=1S/C17H23Cl2FN2O5S.ClH/c1-28(25,26)12-7-5-11(6-8-12)15(27-14(23)4-2-3-9-21)13(10-20)22-17(24)16(18)19;/h5-8,13,15-16H,2-4,9-10,21H2,1H3,(H,22,24);1H. The van der Waals surface area contributed by atoms with Crippen molar-refractivity contribution in [3.05, 3.63) is 29.8 Å². The summed E-state index contributed by atoms with van der Waals surface area (Å²) in [4.78, 5) is 22.5. The molecule has 1 aromatic carbocycles. The molecule has 29 heavy (non-hydrogen) atoms. The molecule has 0 saturated carbocycles. The number of ether oxygens (including phenoxy) is 1. The predicted molar refractivity (Wildman–Crippen MR) is 112 cm³/mol. The molecule has 0 spiro atoms. The molecule has 0 aromatic heterocycles. The predicted octanol–water partition coefficient (Wildman–Crippen LogP) is 2.48. The first-order valence-corrected chi connectivity index (χ1v) is 11.2. The molecule has 1 aromatic rings. The minimum atomic E-state index is -3.44. The smallest absolute Gasteiger partial charge is 0.306 e. The highest BCUT2D eigenvalue weighted by molar-refractivity contribution is 7.90. The number of nitrogens with two attached hydrogens (primary N) is 1. The van der Waals surface area contributed by atoms with Crippen LogP contribution in [0, 0.1) is 0 Å². The van der Waals surface area contributed by atoms with Crippen molar-refractivity contribution in [2.75, 3.05) is 19.5 Å². The first-order valence-electron chi connectivity index (χ1n) is 8.44. The van der Waals surface area contributed by atoms with Crippen molar-refractivity contribution in [2.24, 2.45) is 5.73 Å². The number of rotatable bonds is 11. The number of esters is 1. The number of hydrogen-bond donors (Lipinski definition) is 2. The molecule has 0 aliphatic carbocycles. The Kier molecular flexibility index (Phi) is 12.7. The van der Waals surface area contributed by atoms with E-state index in [2.05, 4.69) is 5.32 Å². The van der Waals surface area contributed by atoms with Crippen molar-refractivity contribution in [2.45, 2.75) is 41.1 Å². The number of carbonyl (C=O) groups is 2. The van der Waals surface area contributed by atoms with Crippen molar-refractivity contribution in [1.29, 1.82) is 0 Å². The average Bonchev–Trinajstić information content (AvgIpc) is 2.63. The number of unbranched alkanes of at least 4 members (excludes halogenated alkanes) is 1. The summed E-state index contributed by atoms with van der Waals surface area (Å²) >= 11 is 11.0. The van der Waals surface area contributed by atoms with E-state index >= 15 is 0 Å². The quantitative estimate of drug-likeness (QED) is 0.278. The van der Waals surface area contributed by atoms with Gasteiger partial charge in [-0.15, -0.1) is 12.4 Å². The van der Waals surface area contributed by atoms with Crippen LogP contribution in [0.1, 0.15) is 30.9 Å². The van der Waals surface area contributed by atoms with E-state index in [0.29, 0.717) is 24.9 Å². The van der Waals surface area contributed by atoms with Gasteiger partial charge in [0.15, 0.2) is 14.7 Å². The van der Waals surface area contributed by atoms with Crippen LogP contribution in [-0.4, -0.2) is 50.6 Å². The number of benzene rings is 1. The molecule has 2 atom stereocenters. The van der Waals surface area contributed by atoms with E-state index in [0.717, 1.165) is 6.26 Å². The lowest BCUT2D eigenvalue weighted by Crippen LogP contribution is -2.44. The highest BCUT2D eigenvalue weighted by atomic mass is 35.5. The summed E-state index contributed by atoms with van der Waals surface area (Å²) in [5, 5.41) is 2.29. The third kappa shape index (κ3) is 9.48. The Morgan fingerprint density at radius 2 is 1.79 bits per heavy atom. The Hall–Kier alpha value is -1.13. The molecule has 0 aliphatic rings. The van der Waals surface area contributed by atoms with Crippen molar-refractivity contribution >= 4 is 57.3 Å². The van der Waals surface area contributed by atoms with E-state index in [1.54, 1.807) is 0 Å². The van der Waals surface area contributed by atoms with E-state index < -0.39 is 45.4 Å². The van der Waals surface area contributed by atoms with Crippen LogP contribution in [0.5, 0.6) is 0 Å². The van der Waals surface area contributed by atoms with Crippen LogP contribution >= 0.6 is 35.6 Å². The number of sulfone groups is 1. The van der Waals surface area contributed by atoms with Crippen molar-refractivity contribution in [1.82, 2.24) is 5.32 Å². The molecule has 0 aliphatic heterocycles. The van der Waals surface area contributed by atoms with Gasteiger partial charge in [0.05, 0.1) is 10.9 Å². The fourth-order valence-electron chi connectivity index (χ4n) is 2.34. The average molecular weight is 494 g/mol. The molecule has 0 heterocycles. The topological polar surface area (TPSA) is 116 Å². The van der Waals surface area contributed by atoms with Crippen LogP contribution in [0.15, 0.2) is 29.2 Å². The molecule has 166 valence electrons. The van der Waals surface area contributed by atoms with Gasteiger partial charge < -0.3 is 15.8 Å². The van der Waals surface area contributed by atoms with Gasteiger partial charge in [-0.1, -0.05) is 35.3 Å². The van der Waals surface area contributed by atoms with Crippen LogP contribution < -0.4 is 11.1 Å². The van der Waals surface area contributed by atoms with Crippen molar-refractivity contribution in [3.8, 4) is 0 Å². The van der Waals surface area contributed by atoms with Gasteiger partial charge in [-0.3, -0.25) is 9.59 Å². The fourth-order valence-corrected chi connectivity index (χ4v) is 3.10. The van der Waals surface area contributed by atoms with Gasteiger partial charge in [0.1, 0.15) is 12.8 Å². The summed E-state index contributed by atoms with van der Waals surface area (Å²) < 4.78 is 42.2. The van der Waals surface area contributed by atoms with Gasteiger partial charge in [-0.05, 0) is 37.1 Å². The van der Waals surface area contributed by atoms with Crippen LogP contribution in [-0.2, 0) is 24.2 Å². The molecule has 2 unspecified atom stereocenters. The Bertz CT molecular complexity index is 763. The lowest BCUT2D eigenvalue weighted by atomic mass is 10.0. The second kappa shape index (κ2) is 13.2. The zero-order valence-corrected chi connectivity index (χ0v) is 18.8. The Balaban J connectivity index is 0.00000784. The van der Waals surface area contributed by atoms with Gasteiger partial charge in [-0.25, -0.2) is 12.8 Å². The Morgan fingerprint density at radius 1 is 1.21 bits per heavy atom. The van der Waals surface area contributed by atoms with Gasteiger partial charge >= 0.3 is 5.97 Å². The zero-order valence-electron chi connectivity index (χ0n) is 15.6. The number of carbonyl (C=O) groups excluding carboxylic acids is 2. The molecule has 1 rings (SSSR count). The summed E-state index contributed by atoms with van der Waals surface area (Å²) in [5.74, 6) is -1.45. The summed E-state index contributed by atoms with van der Waals surface area (Å²) in [7, 11) is -3.44. The second-order valence-corrected chi connectivity index (χ2v) is 9.18. The summed E-state index contributed by atoms with van der Waals surface area (Å²) in [6, 6.07) is 4.14. The highest BCUT2D eigenvalue weighted by Crippen LogP contribution is 2.25. The first kappa shape index (κ1) is 27.9. The molecule has 0 fully saturated rings. The van der Waals surface area contributed by atoms with Crippen LogP contribution in [0.2, 0.25) is 0 Å². The summed E-state index contributed by atoms with van der Waals surface area (Å²) in [6.45, 7) is -0.652. The maximum atomic E-state index is 13.6. The van der Waals surface area contributed by atoms with Crippen LogP contribution in [0.4, 0.5) is 4.39 Å². The minimum absolute atomic E-state index is 0. The normalized spacial score (nSPS) is 13.3. The third-order valence-electron chi connectivity index (χ3n) is 3.79. The Labute approximate surface area is 185 Å². The lowest BCUT2D eigenvalue weighted by molar-refractivity contribution is -0.152. The highest BCUT2D eigenvalue weighted by Gasteiger charge is 2.30. The molecule has 0 radical (unpaired) electrons. The van der Waals surface area contributed by atoms with Crippen molar-refractivity contribution in [3.63, 3.8) is 0 Å². The third-order valence-corrected chi connectivity index (χ3v) is 5.31. The molecule has 3 N–H and O–H groups in total. The molecular weight excluding hydrogens is 470 g/mol. The number of alkyl halides is 3. The first-order chi connectivity index (χ1) is 13.1. The van der Waals surface area contributed by atoms with E-state index in [9.17, 15) is 22.4 Å². The van der Waals surface area contributed by atoms with E-state index in [1.165, 1.54) is 24.3 Å². The monoisotopic (exact) mass is 492 g/mol. The van der Waals surface area contributed by atoms with Gasteiger partial charge in [0.2, 0.25) is 0 Å². The maximum Gasteiger partial charge on any atom is 0.306 e. The number of nitrogens with one attached hydrogen (secondary N) is 1. The largest absolute Gasteiger partial charge is 0.455 e. The maximum absolute atomic E-state index is 13.6. The van der Waals surface area contributed by atoms with Gasteiger partial charge in [-0.2, -0.15) is 0 Å². The molecule has 12 heteroatoms.